The largest absolute Gasteiger partial charge is 0.457 e. The standard InChI is InChI=1S/C42H34N2O6/c45-39-27-9-1-3-11-29(27)41(49-39)31-15-13-25(43-17-5-6-18-43)21-35(31)47-37-24-38-34(23-33(37)41)42(30-12-4-2-10-28(30)40(46)50-42)32-16-14-26(22-36(32)48-38)44-19-7-8-20-44/h1-4,9-13,15-16,21-24,26H,5-8,14,17-20H2/t26?,41-,42+/m1/s1. The first-order chi connectivity index (χ1) is 24.5. The lowest BCUT2D eigenvalue weighted by Gasteiger charge is -2.43. The molecule has 0 aromatic heterocycles. The smallest absolute Gasteiger partial charge is 0.340 e. The van der Waals surface area contributed by atoms with Crippen LogP contribution in [0.25, 0.3) is 0 Å². The third-order valence-corrected chi connectivity index (χ3v) is 11.8. The molecule has 0 bridgehead atoms. The number of hydrogen-bond donors (Lipinski definition) is 0. The minimum absolute atomic E-state index is 0.199. The van der Waals surface area contributed by atoms with Gasteiger partial charge in [0.2, 0.25) is 0 Å². The molecule has 1 aliphatic carbocycles. The maximum Gasteiger partial charge on any atom is 0.340 e. The van der Waals surface area contributed by atoms with Crippen LogP contribution >= 0.6 is 0 Å². The quantitative estimate of drug-likeness (QED) is 0.207. The normalized spacial score (nSPS) is 26.9. The van der Waals surface area contributed by atoms with Gasteiger partial charge in [0.25, 0.3) is 0 Å². The van der Waals surface area contributed by atoms with Crippen molar-refractivity contribution in [3.8, 4) is 17.2 Å². The van der Waals surface area contributed by atoms with Crippen molar-refractivity contribution in [3.05, 3.63) is 141 Å². The van der Waals surface area contributed by atoms with Crippen molar-refractivity contribution >= 4 is 17.6 Å². The molecule has 6 heterocycles. The number of likely N-dealkylation sites (tertiary alicyclic amines) is 1. The van der Waals surface area contributed by atoms with Gasteiger partial charge in [0, 0.05) is 70.3 Å². The molecule has 1 unspecified atom stereocenters. The van der Waals surface area contributed by atoms with Crippen molar-refractivity contribution in [1.82, 2.24) is 4.90 Å². The van der Waals surface area contributed by atoms with E-state index in [2.05, 4.69) is 34.1 Å². The Labute approximate surface area is 289 Å². The summed E-state index contributed by atoms with van der Waals surface area (Å²) < 4.78 is 26.8. The molecule has 2 fully saturated rings. The Morgan fingerprint density at radius 1 is 0.600 bits per heavy atom. The van der Waals surface area contributed by atoms with Gasteiger partial charge in [0.1, 0.15) is 23.0 Å². The highest BCUT2D eigenvalue weighted by atomic mass is 16.6. The van der Waals surface area contributed by atoms with Gasteiger partial charge >= 0.3 is 11.9 Å². The van der Waals surface area contributed by atoms with E-state index in [1.807, 2.05) is 66.7 Å². The summed E-state index contributed by atoms with van der Waals surface area (Å²) in [5.41, 5.74) is 4.05. The van der Waals surface area contributed by atoms with Gasteiger partial charge in [-0.15, -0.1) is 0 Å². The fourth-order valence-electron chi connectivity index (χ4n) is 9.51. The number of carbonyl (C=O) groups excluding carboxylic acids is 2. The molecule has 2 saturated heterocycles. The predicted molar refractivity (Wildman–Crippen MR) is 185 cm³/mol. The van der Waals surface area contributed by atoms with Crippen LogP contribution in [0, 0.1) is 0 Å². The Morgan fingerprint density at radius 2 is 1.22 bits per heavy atom. The number of fused-ring (bicyclic) bond motifs is 12. The first-order valence-corrected chi connectivity index (χ1v) is 17.8. The fraction of sp³-hybridized carbons (Fsp3) is 0.286. The van der Waals surface area contributed by atoms with E-state index in [0.29, 0.717) is 45.3 Å². The van der Waals surface area contributed by atoms with Crippen molar-refractivity contribution in [2.75, 3.05) is 31.1 Å². The van der Waals surface area contributed by atoms with Crippen molar-refractivity contribution in [3.63, 3.8) is 0 Å². The Morgan fingerprint density at radius 3 is 1.98 bits per heavy atom. The molecule has 2 spiro atoms. The van der Waals surface area contributed by atoms with Crippen LogP contribution in [0.2, 0.25) is 0 Å². The molecule has 0 radical (unpaired) electrons. The van der Waals surface area contributed by atoms with Gasteiger partial charge in [-0.2, -0.15) is 0 Å². The zero-order valence-corrected chi connectivity index (χ0v) is 27.4. The molecule has 8 nitrogen and oxygen atoms in total. The molecule has 6 aliphatic heterocycles. The lowest BCUT2D eigenvalue weighted by Crippen LogP contribution is -2.41. The van der Waals surface area contributed by atoms with Crippen LogP contribution in [0.4, 0.5) is 5.69 Å². The zero-order chi connectivity index (χ0) is 33.2. The Balaban J connectivity index is 1.16. The predicted octanol–water partition coefficient (Wildman–Crippen LogP) is 7.34. The van der Waals surface area contributed by atoms with Gasteiger partial charge in [-0.25, -0.2) is 9.59 Å². The first-order valence-electron chi connectivity index (χ1n) is 17.8. The Bertz CT molecular complexity index is 2240. The minimum atomic E-state index is -1.28. The molecule has 0 N–H and O–H groups in total. The van der Waals surface area contributed by atoms with Crippen LogP contribution in [-0.4, -0.2) is 49.1 Å². The highest BCUT2D eigenvalue weighted by Gasteiger charge is 2.59. The highest BCUT2D eigenvalue weighted by molar-refractivity contribution is 5.98. The molecule has 8 heteroatoms. The average Bonchev–Trinajstić information content (AvgIpc) is 3.97. The number of rotatable bonds is 2. The number of carbonyl (C=O) groups is 2. The summed E-state index contributed by atoms with van der Waals surface area (Å²) in [7, 11) is 0. The van der Waals surface area contributed by atoms with Crippen LogP contribution in [0.15, 0.2) is 102 Å². The van der Waals surface area contributed by atoms with Crippen molar-refractivity contribution in [1.29, 1.82) is 0 Å². The monoisotopic (exact) mass is 662 g/mol. The van der Waals surface area contributed by atoms with Crippen LogP contribution in [0.5, 0.6) is 17.2 Å². The number of esters is 2. The fourth-order valence-corrected chi connectivity index (χ4v) is 9.51. The van der Waals surface area contributed by atoms with Gasteiger partial charge in [0.15, 0.2) is 11.2 Å². The van der Waals surface area contributed by atoms with E-state index < -0.39 is 17.2 Å². The van der Waals surface area contributed by atoms with E-state index in [1.165, 1.54) is 12.8 Å². The number of benzene rings is 4. The Hall–Kier alpha value is -5.34. The number of anilines is 1. The van der Waals surface area contributed by atoms with E-state index >= 15 is 0 Å². The Kier molecular flexibility index (Phi) is 5.76. The lowest BCUT2D eigenvalue weighted by atomic mass is 9.71. The van der Waals surface area contributed by atoms with Gasteiger partial charge in [-0.05, 0) is 81.6 Å². The summed E-state index contributed by atoms with van der Waals surface area (Å²) >= 11 is 0. The summed E-state index contributed by atoms with van der Waals surface area (Å²) in [4.78, 5) is 32.3. The number of nitrogens with zero attached hydrogens (tertiary/aromatic N) is 2. The number of hydrogen-bond acceptors (Lipinski definition) is 8. The van der Waals surface area contributed by atoms with Crippen LogP contribution < -0.4 is 14.4 Å². The van der Waals surface area contributed by atoms with Gasteiger partial charge < -0.3 is 23.8 Å². The molecule has 11 rings (SSSR count). The van der Waals surface area contributed by atoms with Crippen molar-refractivity contribution < 1.29 is 28.5 Å². The molecular weight excluding hydrogens is 628 g/mol. The maximum absolute atomic E-state index is 13.7. The second-order valence-electron chi connectivity index (χ2n) is 14.4. The first kappa shape index (κ1) is 28.5. The topological polar surface area (TPSA) is 77.5 Å². The SMILES string of the molecule is O=C1O[C@]2(C3=CCC(N4CCCC4)C=C3Oc3cc4c(cc32)[C@]2(OC(=O)c3ccccc32)c2ccc(N3CCCC3)cc2O4)c2ccccc21. The second kappa shape index (κ2) is 10.1. The van der Waals surface area contributed by atoms with E-state index in [4.69, 9.17) is 18.9 Å². The van der Waals surface area contributed by atoms with E-state index in [0.717, 1.165) is 73.4 Å². The van der Waals surface area contributed by atoms with E-state index in [9.17, 15) is 9.59 Å². The van der Waals surface area contributed by atoms with Gasteiger partial charge in [0.05, 0.1) is 11.1 Å². The number of ether oxygens (including phenoxy) is 4. The lowest BCUT2D eigenvalue weighted by molar-refractivity contribution is 0.0187. The minimum Gasteiger partial charge on any atom is -0.457 e. The second-order valence-corrected chi connectivity index (χ2v) is 14.4. The van der Waals surface area contributed by atoms with Gasteiger partial charge in [-0.1, -0.05) is 42.5 Å². The molecule has 7 aliphatic rings. The third kappa shape index (κ3) is 3.64. The molecule has 248 valence electrons. The van der Waals surface area contributed by atoms with E-state index in [1.54, 1.807) is 0 Å². The molecule has 0 amide bonds. The summed E-state index contributed by atoms with van der Waals surface area (Å²) in [6, 6.07) is 25.5. The zero-order valence-electron chi connectivity index (χ0n) is 27.4. The molecule has 3 atom stereocenters. The van der Waals surface area contributed by atoms with Crippen LogP contribution in [0.1, 0.15) is 80.6 Å². The molecule has 50 heavy (non-hydrogen) atoms. The van der Waals surface area contributed by atoms with Crippen LogP contribution in [0.3, 0.4) is 0 Å². The molecule has 4 aromatic rings. The molecular formula is C42H34N2O6. The van der Waals surface area contributed by atoms with Crippen molar-refractivity contribution in [2.45, 2.75) is 49.3 Å². The third-order valence-electron chi connectivity index (χ3n) is 11.8. The van der Waals surface area contributed by atoms with Crippen LogP contribution in [-0.2, 0) is 20.7 Å². The maximum atomic E-state index is 13.7. The van der Waals surface area contributed by atoms with E-state index in [-0.39, 0.29) is 12.0 Å². The highest BCUT2D eigenvalue weighted by Crippen LogP contribution is 2.62. The summed E-state index contributed by atoms with van der Waals surface area (Å²) in [6.07, 6.45) is 9.87. The van der Waals surface area contributed by atoms with Gasteiger partial charge in [-0.3, -0.25) is 4.90 Å². The molecule has 4 aromatic carbocycles. The summed E-state index contributed by atoms with van der Waals surface area (Å²) in [5, 5.41) is 0. The average molecular weight is 663 g/mol. The summed E-state index contributed by atoms with van der Waals surface area (Å²) in [6.45, 7) is 4.09. The van der Waals surface area contributed by atoms with Crippen molar-refractivity contribution in [2.24, 2.45) is 0 Å². The molecule has 0 saturated carbocycles. The summed E-state index contributed by atoms with van der Waals surface area (Å²) in [5.74, 6) is 1.65.